The van der Waals surface area contributed by atoms with Gasteiger partial charge >= 0.3 is 5.97 Å². The molecule has 4 amide bonds. The van der Waals surface area contributed by atoms with E-state index >= 15 is 9.59 Å². The van der Waals surface area contributed by atoms with Gasteiger partial charge in [0, 0.05) is 49.6 Å². The lowest BCUT2D eigenvalue weighted by molar-refractivity contribution is -0.174. The zero-order valence-electron chi connectivity index (χ0n) is 50.6. The zero-order valence-corrected chi connectivity index (χ0v) is 52.1. The first-order valence-electron chi connectivity index (χ1n) is 29.2. The molecule has 0 radical (unpaired) electrons. The molecule has 6 aliphatic rings. The smallest absolute Gasteiger partial charge is 0.311 e. The Morgan fingerprint density at radius 3 is 2.04 bits per heavy atom. The van der Waals surface area contributed by atoms with Gasteiger partial charge in [-0.25, -0.2) is 4.99 Å². The largest absolute Gasteiger partial charge is 0.508 e. The molecular weight excluding hydrogens is 1260 g/mol. The first kappa shape index (κ1) is 68.7. The Labute approximate surface area is 541 Å². The molecule has 5 aromatic carbocycles. The molecule has 16 N–H and O–H groups in total. The number of methoxy groups -OCH3 is 1. The van der Waals surface area contributed by atoms with Crippen LogP contribution in [0.3, 0.4) is 0 Å². The summed E-state index contributed by atoms with van der Waals surface area (Å²) in [6, 6.07) is 14.1. The summed E-state index contributed by atoms with van der Waals surface area (Å²) in [5.74, 6) is -15.8. The Bertz CT molecular complexity index is 3790. The predicted molar refractivity (Wildman–Crippen MR) is 330 cm³/mol. The van der Waals surface area contributed by atoms with E-state index in [1.165, 1.54) is 60.7 Å². The number of amides is 4. The van der Waals surface area contributed by atoms with Crippen molar-refractivity contribution in [2.45, 2.75) is 99.6 Å². The molecule has 11 rings (SSSR count). The van der Waals surface area contributed by atoms with Crippen LogP contribution < -0.4 is 46.5 Å². The second kappa shape index (κ2) is 27.9. The van der Waals surface area contributed by atoms with Crippen molar-refractivity contribution < 1.29 is 98.5 Å². The average Bonchev–Trinajstić information content (AvgIpc) is 1.60. The number of carbonyl (C=O) groups excluding carboxylic acids is 6. The zero-order chi connectivity index (χ0) is 67.7. The number of hydrogen-bond donors (Lipinski definition) is 15. The van der Waals surface area contributed by atoms with Crippen LogP contribution in [0.25, 0.3) is 11.1 Å². The standard InChI is InChI=1S/C63H70Cl2N8O20/c1-27(2)14-31(25-73(3)4)40(77)21-36-52(81)28-10-12-42(37(64)15-28)91-44-17-30-18-45(55(44)93-60(88)54(83)53(82)46(26-74)90-5)92-43-13-11-29(16-38(43)65)56-63(71-56,70-49(80)24-67-58(85)51(30)68-61(89)62(72-57(36)84)23-48(66)69-62)47(79)22-35(59(86)87)34-19-32(75)20-41(78)50(34)33-8-6-7-9-39(33)76/h6-13,15-20,27,31,35-36,46,51-54,56,60,71,74-76,78,81-83,88H,14,21-26H2,1-5H3,(H2,66,69)(H,67,85)(H,68,89)(H,70,80)(H,72,84)(H,86,87). The second-order valence-corrected chi connectivity index (χ2v) is 24.7. The number of aliphatic hydroxyl groups excluding tert-OH is 5. The number of ketones is 2. The van der Waals surface area contributed by atoms with Gasteiger partial charge in [-0.2, -0.15) is 0 Å². The van der Waals surface area contributed by atoms with Crippen LogP contribution in [0.2, 0.25) is 10.0 Å². The molecule has 12 atom stereocenters. The summed E-state index contributed by atoms with van der Waals surface area (Å²) < 4.78 is 23.9. The Morgan fingerprint density at radius 1 is 0.828 bits per heavy atom. The van der Waals surface area contributed by atoms with Gasteiger partial charge in [-0.15, -0.1) is 0 Å². The summed E-state index contributed by atoms with van der Waals surface area (Å²) >= 11 is 14.0. The first-order valence-corrected chi connectivity index (χ1v) is 30.0. The first-order chi connectivity index (χ1) is 44.0. The normalized spacial score (nSPS) is 23.1. The Kier molecular flexibility index (Phi) is 20.6. The minimum absolute atomic E-state index is 0.0119. The minimum Gasteiger partial charge on any atom is -0.508 e. The third-order valence-electron chi connectivity index (χ3n) is 16.4. The van der Waals surface area contributed by atoms with Crippen LogP contribution in [-0.2, 0) is 38.3 Å². The molecule has 496 valence electrons. The number of nitrogens with two attached hydrogens (primary N) is 1. The second-order valence-electron chi connectivity index (χ2n) is 23.8. The van der Waals surface area contributed by atoms with Crippen LogP contribution in [0.5, 0.6) is 46.0 Å². The van der Waals surface area contributed by atoms with Crippen molar-refractivity contribution in [3.8, 4) is 57.1 Å². The highest BCUT2D eigenvalue weighted by atomic mass is 35.5. The number of carbonyl (C=O) groups is 7. The van der Waals surface area contributed by atoms with E-state index in [0.717, 1.165) is 31.4 Å². The number of fused-ring (bicyclic) bond motifs is 12. The predicted octanol–water partition coefficient (Wildman–Crippen LogP) is 2.78. The molecule has 1 fully saturated rings. The number of phenols is 3. The lowest BCUT2D eigenvalue weighted by Gasteiger charge is -2.38. The Balaban J connectivity index is 1.18. The van der Waals surface area contributed by atoms with E-state index in [1.54, 1.807) is 19.0 Å². The topological polar surface area (TPSA) is 450 Å². The van der Waals surface area contributed by atoms with Crippen molar-refractivity contribution in [2.24, 2.45) is 28.5 Å². The molecule has 7 bridgehead atoms. The van der Waals surface area contributed by atoms with Crippen LogP contribution in [0.1, 0.15) is 85.9 Å². The number of para-hydroxylation sites is 1. The molecule has 0 aliphatic carbocycles. The molecule has 1 saturated heterocycles. The number of ether oxygens (including phenoxy) is 4. The fourth-order valence-electron chi connectivity index (χ4n) is 11.7. The number of benzene rings is 5. The van der Waals surface area contributed by atoms with Crippen molar-refractivity contribution in [2.75, 3.05) is 40.9 Å². The number of nitrogens with zero attached hydrogens (tertiary/aromatic N) is 2. The fourth-order valence-corrected chi connectivity index (χ4v) is 12.1. The SMILES string of the molecule is COC(CO)C(O)C(O)C(O)Oc1c2cc3cc1Oc1ccc(cc1Cl)C1NC1(C(=O)CC(C(=O)O)c1cc(O)cc(O)c1-c1ccccc1O)NC(=O)CNC(=O)C3NC(=O)C1(CC(N)=N1)NC(=O)C(CC(=O)C(CC(C)C)CN(C)C)C(O)c1ccc(c(Cl)c1)O2. The number of carboxylic acid groups (broad SMARTS) is 1. The number of carboxylic acids is 1. The molecular formula is C63H70Cl2N8O20. The highest BCUT2D eigenvalue weighted by Gasteiger charge is 2.62. The molecule has 28 nitrogen and oxygen atoms in total. The maximum atomic E-state index is 15.2. The van der Waals surface area contributed by atoms with E-state index in [9.17, 15) is 69.9 Å². The van der Waals surface area contributed by atoms with E-state index in [4.69, 9.17) is 47.9 Å². The number of phenolic OH excluding ortho intramolecular Hbond substituents is 3. The van der Waals surface area contributed by atoms with Gasteiger partial charge in [-0.3, -0.25) is 38.9 Å². The van der Waals surface area contributed by atoms with E-state index in [0.29, 0.717) is 6.42 Å². The summed E-state index contributed by atoms with van der Waals surface area (Å²) in [5, 5.41) is 112. The molecule has 93 heavy (non-hydrogen) atoms. The number of amidine groups is 1. The molecule has 6 aliphatic heterocycles. The minimum atomic E-state index is -2.47. The van der Waals surface area contributed by atoms with Gasteiger partial charge in [-0.05, 0) is 97.2 Å². The number of hydrogen-bond acceptors (Lipinski definition) is 23. The number of aliphatic carboxylic acids is 1. The third kappa shape index (κ3) is 14.6. The number of nitrogens with one attached hydrogen (secondary N) is 5. The van der Waals surface area contributed by atoms with Crippen LogP contribution in [-0.4, -0.2) is 175 Å². The molecule has 0 saturated carbocycles. The molecule has 30 heteroatoms. The quantitative estimate of drug-likeness (QED) is 0.0393. The maximum Gasteiger partial charge on any atom is 0.311 e. The number of aliphatic hydroxyl groups is 5. The molecule has 1 spiro atoms. The van der Waals surface area contributed by atoms with Gasteiger partial charge in [0.2, 0.25) is 35.4 Å². The van der Waals surface area contributed by atoms with E-state index in [2.05, 4.69) is 31.6 Å². The highest BCUT2D eigenvalue weighted by molar-refractivity contribution is 6.32. The van der Waals surface area contributed by atoms with Crippen LogP contribution in [0.15, 0.2) is 89.9 Å². The molecule has 0 aromatic heterocycles. The number of rotatable bonds is 20. The van der Waals surface area contributed by atoms with Gasteiger partial charge in [0.1, 0.15) is 64.7 Å². The van der Waals surface area contributed by atoms with Crippen molar-refractivity contribution in [3.63, 3.8) is 0 Å². The van der Waals surface area contributed by atoms with Crippen molar-refractivity contribution in [1.82, 2.24) is 31.5 Å². The summed E-state index contributed by atoms with van der Waals surface area (Å²) in [6.07, 6.45) is -11.7. The summed E-state index contributed by atoms with van der Waals surface area (Å²) in [6.45, 7) is 2.26. The number of aliphatic imine (C=N–C) groups is 1. The van der Waals surface area contributed by atoms with Crippen molar-refractivity contribution in [3.05, 3.63) is 117 Å². The Hall–Kier alpha value is -8.68. The molecule has 12 unspecified atom stereocenters. The lowest BCUT2D eigenvalue weighted by Crippen LogP contribution is -2.66. The monoisotopic (exact) mass is 1330 g/mol. The summed E-state index contributed by atoms with van der Waals surface area (Å²) in [7, 11) is 4.65. The van der Waals surface area contributed by atoms with E-state index < -0.39 is 174 Å². The summed E-state index contributed by atoms with van der Waals surface area (Å²) in [4.78, 5) is 108. The van der Waals surface area contributed by atoms with Crippen molar-refractivity contribution >= 4 is 70.2 Å². The van der Waals surface area contributed by atoms with Crippen LogP contribution >= 0.6 is 23.2 Å². The lowest BCUT2D eigenvalue weighted by atomic mass is 9.83. The fraction of sp³-hybridized carbons (Fsp3) is 0.397. The van der Waals surface area contributed by atoms with E-state index in [1.807, 2.05) is 13.8 Å². The van der Waals surface area contributed by atoms with Gasteiger partial charge < -0.3 is 96.8 Å². The average molecular weight is 1330 g/mol. The Morgan fingerprint density at radius 2 is 1.46 bits per heavy atom. The van der Waals surface area contributed by atoms with Gasteiger partial charge in [0.25, 0.3) is 5.91 Å². The van der Waals surface area contributed by atoms with Gasteiger partial charge in [0.15, 0.2) is 22.9 Å². The van der Waals surface area contributed by atoms with Crippen LogP contribution in [0, 0.1) is 17.8 Å². The third-order valence-corrected chi connectivity index (χ3v) is 17.0. The van der Waals surface area contributed by atoms with E-state index in [-0.39, 0.29) is 79.0 Å². The molecule has 6 heterocycles. The van der Waals surface area contributed by atoms with Gasteiger partial charge in [0.05, 0.1) is 53.6 Å². The number of aromatic hydroxyl groups is 3. The van der Waals surface area contributed by atoms with Crippen molar-refractivity contribution in [1.29, 1.82) is 0 Å². The van der Waals surface area contributed by atoms with Gasteiger partial charge in [-0.1, -0.05) is 67.4 Å². The molecule has 5 aromatic rings. The highest BCUT2D eigenvalue weighted by Crippen LogP contribution is 2.51. The van der Waals surface area contributed by atoms with Crippen LogP contribution in [0.4, 0.5) is 0 Å². The summed E-state index contributed by atoms with van der Waals surface area (Å²) in [5.41, 5.74) is 0.781. The maximum absolute atomic E-state index is 15.2. The number of Topliss-reactive ketones (excluding diaryl/α,β-unsaturated/α-hetero) is 2. The number of halogens is 2.